The van der Waals surface area contributed by atoms with E-state index in [2.05, 4.69) is 24.1 Å². The highest BCUT2D eigenvalue weighted by Crippen LogP contribution is 2.39. The minimum atomic E-state index is -0.269. The summed E-state index contributed by atoms with van der Waals surface area (Å²) in [5.74, 6) is -0.251. The molecule has 1 aliphatic rings. The van der Waals surface area contributed by atoms with Gasteiger partial charge in [0, 0.05) is 31.5 Å². The summed E-state index contributed by atoms with van der Waals surface area (Å²) in [5, 5.41) is 3.36. The Morgan fingerprint density at radius 3 is 2.32 bits per heavy atom. The molecule has 1 aliphatic heterocycles. The van der Waals surface area contributed by atoms with E-state index in [9.17, 15) is 14.4 Å². The zero-order valence-electron chi connectivity index (χ0n) is 22.0. The van der Waals surface area contributed by atoms with Gasteiger partial charge in [-0.05, 0) is 69.2 Å². The molecule has 202 valence electrons. The Kier molecular flexibility index (Phi) is 12.4. The first-order valence-corrected chi connectivity index (χ1v) is 13.2. The van der Waals surface area contributed by atoms with E-state index in [-0.39, 0.29) is 30.1 Å². The second-order valence-corrected chi connectivity index (χ2v) is 9.50. The van der Waals surface area contributed by atoms with Crippen LogP contribution in [0.25, 0.3) is 0 Å². The number of hydrogen-bond donors (Lipinski definition) is 1. The van der Waals surface area contributed by atoms with Crippen molar-refractivity contribution in [2.45, 2.75) is 52.9 Å². The molecule has 0 aliphatic carbocycles. The van der Waals surface area contributed by atoms with Crippen molar-refractivity contribution < 1.29 is 14.4 Å². The molecule has 2 aromatic rings. The SMILES string of the molecule is CCN(CC)CCCN(CCCCCC(=O)N1c2ccc(Cl)cc2NC(=O)c2ccccc21)C(C)=O.Cl. The summed E-state index contributed by atoms with van der Waals surface area (Å²) in [4.78, 5) is 44.2. The fraction of sp³-hybridized carbons (Fsp3) is 0.464. The van der Waals surface area contributed by atoms with Gasteiger partial charge in [0.2, 0.25) is 11.8 Å². The summed E-state index contributed by atoms with van der Waals surface area (Å²) in [7, 11) is 0. The molecule has 1 N–H and O–H groups in total. The van der Waals surface area contributed by atoms with Crippen LogP contribution in [-0.4, -0.2) is 60.2 Å². The number of fused-ring (bicyclic) bond motifs is 2. The van der Waals surface area contributed by atoms with Crippen molar-refractivity contribution in [3.05, 3.63) is 53.1 Å². The van der Waals surface area contributed by atoms with Crippen molar-refractivity contribution in [2.75, 3.05) is 42.9 Å². The molecular formula is C28H38Cl2N4O3. The Hall–Kier alpha value is -2.61. The zero-order chi connectivity index (χ0) is 26.1. The van der Waals surface area contributed by atoms with Crippen LogP contribution in [-0.2, 0) is 9.59 Å². The van der Waals surface area contributed by atoms with Crippen molar-refractivity contribution in [1.29, 1.82) is 0 Å². The monoisotopic (exact) mass is 548 g/mol. The highest BCUT2D eigenvalue weighted by Gasteiger charge is 2.29. The lowest BCUT2D eigenvalue weighted by Crippen LogP contribution is -2.33. The van der Waals surface area contributed by atoms with Gasteiger partial charge in [-0.2, -0.15) is 0 Å². The van der Waals surface area contributed by atoms with Crippen molar-refractivity contribution in [1.82, 2.24) is 9.80 Å². The largest absolute Gasteiger partial charge is 0.343 e. The van der Waals surface area contributed by atoms with Crippen LogP contribution in [0.5, 0.6) is 0 Å². The standard InChI is InChI=1S/C28H37ClN4O3.ClH/c1-4-31(5-2)17-11-19-32(21(3)34)18-10-6-7-14-27(35)33-25-13-9-8-12-23(25)28(36)30-24-20-22(29)15-16-26(24)33;/h8-9,12-13,15-16,20H,4-7,10-11,14,17-19H2,1-3H3,(H,30,36);1H. The molecule has 0 saturated carbocycles. The Labute approximate surface area is 231 Å². The molecule has 0 unspecified atom stereocenters. The van der Waals surface area contributed by atoms with E-state index in [1.54, 1.807) is 48.2 Å². The smallest absolute Gasteiger partial charge is 0.257 e. The van der Waals surface area contributed by atoms with Gasteiger partial charge in [0.15, 0.2) is 0 Å². The zero-order valence-corrected chi connectivity index (χ0v) is 23.5. The Bertz CT molecular complexity index is 1080. The predicted molar refractivity (Wildman–Crippen MR) is 153 cm³/mol. The van der Waals surface area contributed by atoms with E-state index >= 15 is 0 Å². The summed E-state index contributed by atoms with van der Waals surface area (Å²) in [6, 6.07) is 12.3. The van der Waals surface area contributed by atoms with Gasteiger partial charge in [-0.25, -0.2) is 0 Å². The highest BCUT2D eigenvalue weighted by atomic mass is 35.5. The number of halogens is 2. The molecule has 0 atom stereocenters. The van der Waals surface area contributed by atoms with E-state index in [4.69, 9.17) is 11.6 Å². The van der Waals surface area contributed by atoms with Gasteiger partial charge >= 0.3 is 0 Å². The molecular weight excluding hydrogens is 511 g/mol. The molecule has 0 radical (unpaired) electrons. The van der Waals surface area contributed by atoms with Crippen LogP contribution in [0.15, 0.2) is 42.5 Å². The number of carbonyl (C=O) groups excluding carboxylic acids is 3. The maximum absolute atomic E-state index is 13.4. The van der Waals surface area contributed by atoms with Crippen LogP contribution < -0.4 is 10.2 Å². The molecule has 3 amide bonds. The summed E-state index contributed by atoms with van der Waals surface area (Å²) in [6.07, 6.45) is 3.69. The van der Waals surface area contributed by atoms with Crippen molar-refractivity contribution in [2.24, 2.45) is 0 Å². The van der Waals surface area contributed by atoms with Crippen LogP contribution in [0, 0.1) is 0 Å². The van der Waals surface area contributed by atoms with Gasteiger partial charge in [0.05, 0.1) is 22.6 Å². The summed E-state index contributed by atoms with van der Waals surface area (Å²) in [6.45, 7) is 10.4. The molecule has 9 heteroatoms. The summed E-state index contributed by atoms with van der Waals surface area (Å²) < 4.78 is 0. The van der Waals surface area contributed by atoms with E-state index in [1.165, 1.54) is 0 Å². The number of rotatable bonds is 12. The average molecular weight is 550 g/mol. The Morgan fingerprint density at radius 1 is 0.919 bits per heavy atom. The normalized spacial score (nSPS) is 12.2. The fourth-order valence-corrected chi connectivity index (χ4v) is 4.74. The van der Waals surface area contributed by atoms with Crippen molar-refractivity contribution in [3.63, 3.8) is 0 Å². The van der Waals surface area contributed by atoms with E-state index in [1.807, 2.05) is 11.0 Å². The lowest BCUT2D eigenvalue weighted by molar-refractivity contribution is -0.129. The quantitative estimate of drug-likeness (QED) is 0.323. The summed E-state index contributed by atoms with van der Waals surface area (Å²) in [5.41, 5.74) is 2.13. The molecule has 0 bridgehead atoms. The maximum Gasteiger partial charge on any atom is 0.257 e. The number of anilines is 3. The van der Waals surface area contributed by atoms with Gasteiger partial charge in [-0.15, -0.1) is 12.4 Å². The molecule has 0 fully saturated rings. The molecule has 2 aromatic carbocycles. The van der Waals surface area contributed by atoms with E-state index in [0.717, 1.165) is 45.4 Å². The van der Waals surface area contributed by atoms with Crippen molar-refractivity contribution in [3.8, 4) is 0 Å². The third-order valence-corrected chi connectivity index (χ3v) is 6.88. The van der Waals surface area contributed by atoms with Gasteiger partial charge in [-0.1, -0.05) is 44.0 Å². The molecule has 3 rings (SSSR count). The third kappa shape index (κ3) is 8.19. The number of benzene rings is 2. The molecule has 7 nitrogen and oxygen atoms in total. The maximum atomic E-state index is 13.4. The highest BCUT2D eigenvalue weighted by molar-refractivity contribution is 6.31. The second kappa shape index (κ2) is 15.0. The van der Waals surface area contributed by atoms with E-state index in [0.29, 0.717) is 47.0 Å². The third-order valence-electron chi connectivity index (χ3n) is 6.65. The van der Waals surface area contributed by atoms with Gasteiger partial charge in [-0.3, -0.25) is 19.3 Å². The fourth-order valence-electron chi connectivity index (χ4n) is 4.57. The van der Waals surface area contributed by atoms with Crippen molar-refractivity contribution >= 4 is 58.8 Å². The first kappa shape index (κ1) is 30.6. The van der Waals surface area contributed by atoms with Crippen LogP contribution >= 0.6 is 24.0 Å². The Morgan fingerprint density at radius 2 is 1.62 bits per heavy atom. The van der Waals surface area contributed by atoms with Gasteiger partial charge in [0.25, 0.3) is 5.91 Å². The van der Waals surface area contributed by atoms with E-state index < -0.39 is 0 Å². The Balaban J connectivity index is 0.00000481. The number of unbranched alkanes of at least 4 members (excludes halogenated alkanes) is 2. The second-order valence-electron chi connectivity index (χ2n) is 9.06. The van der Waals surface area contributed by atoms with Crippen LogP contribution in [0.1, 0.15) is 63.2 Å². The number of carbonyl (C=O) groups is 3. The number of hydrogen-bond acceptors (Lipinski definition) is 4. The molecule has 37 heavy (non-hydrogen) atoms. The molecule has 0 aromatic heterocycles. The first-order chi connectivity index (χ1) is 17.3. The number of nitrogens with one attached hydrogen (secondary N) is 1. The lowest BCUT2D eigenvalue weighted by Gasteiger charge is -2.25. The number of para-hydroxylation sites is 1. The average Bonchev–Trinajstić information content (AvgIpc) is 2.98. The molecule has 0 saturated heterocycles. The topological polar surface area (TPSA) is 73.0 Å². The van der Waals surface area contributed by atoms with Gasteiger partial charge in [0.1, 0.15) is 0 Å². The minimum Gasteiger partial charge on any atom is -0.343 e. The minimum absolute atomic E-state index is 0. The lowest BCUT2D eigenvalue weighted by atomic mass is 10.1. The number of amides is 3. The predicted octanol–water partition coefficient (Wildman–Crippen LogP) is 6.13. The van der Waals surface area contributed by atoms with Crippen LogP contribution in [0.4, 0.5) is 17.1 Å². The molecule has 0 spiro atoms. The first-order valence-electron chi connectivity index (χ1n) is 12.9. The molecule has 1 heterocycles. The number of nitrogens with zero attached hydrogens (tertiary/aromatic N) is 3. The van der Waals surface area contributed by atoms with Crippen LogP contribution in [0.2, 0.25) is 5.02 Å². The van der Waals surface area contributed by atoms with Crippen LogP contribution in [0.3, 0.4) is 0 Å². The summed E-state index contributed by atoms with van der Waals surface area (Å²) >= 11 is 6.16. The van der Waals surface area contributed by atoms with Gasteiger partial charge < -0.3 is 15.1 Å².